The van der Waals surface area contributed by atoms with Gasteiger partial charge in [0.2, 0.25) is 0 Å². The maximum atomic E-state index is 11.1. The first-order valence-corrected chi connectivity index (χ1v) is 7.10. The lowest BCUT2D eigenvalue weighted by molar-refractivity contribution is -0.122. The summed E-state index contributed by atoms with van der Waals surface area (Å²) in [5.74, 6) is 1.29. The zero-order valence-corrected chi connectivity index (χ0v) is 11.9. The van der Waals surface area contributed by atoms with E-state index in [4.69, 9.17) is 4.74 Å². The van der Waals surface area contributed by atoms with E-state index in [-0.39, 0.29) is 12.5 Å². The van der Waals surface area contributed by atoms with Gasteiger partial charge in [-0.15, -0.1) is 0 Å². The summed E-state index contributed by atoms with van der Waals surface area (Å²) in [7, 11) is 1.60. The van der Waals surface area contributed by atoms with E-state index in [1.165, 1.54) is 12.8 Å². The number of hydrogen-bond acceptors (Lipinski definition) is 3. The minimum Gasteiger partial charge on any atom is -0.484 e. The second kappa shape index (κ2) is 7.58. The van der Waals surface area contributed by atoms with E-state index in [1.54, 1.807) is 7.05 Å². The van der Waals surface area contributed by atoms with Crippen LogP contribution in [-0.4, -0.2) is 26.1 Å². The highest BCUT2D eigenvalue weighted by atomic mass is 16.5. The Labute approximate surface area is 120 Å². The highest BCUT2D eigenvalue weighted by Gasteiger charge is 2.09. The maximum absolute atomic E-state index is 11.1. The van der Waals surface area contributed by atoms with Crippen LogP contribution in [-0.2, 0) is 4.79 Å². The minimum absolute atomic E-state index is 0.0490. The number of amides is 1. The molecule has 0 fully saturated rings. The van der Waals surface area contributed by atoms with Gasteiger partial charge < -0.3 is 15.4 Å². The number of anilines is 1. The van der Waals surface area contributed by atoms with E-state index in [0.29, 0.717) is 11.7 Å². The van der Waals surface area contributed by atoms with E-state index in [0.717, 1.165) is 18.7 Å². The quantitative estimate of drug-likeness (QED) is 0.784. The standard InChI is InChI=1S/C16H22N2O2/c1-17-16(19)12-20-15-9-5-8-14(10-15)18-11-13-6-3-2-4-7-13/h2-3,5,8-10,13,18H,4,6-7,11-12H2,1H3,(H,17,19). The molecule has 2 N–H and O–H groups in total. The molecule has 108 valence electrons. The first-order chi connectivity index (χ1) is 9.78. The van der Waals surface area contributed by atoms with Crippen LogP contribution >= 0.6 is 0 Å². The van der Waals surface area contributed by atoms with Crippen LogP contribution in [0.2, 0.25) is 0 Å². The number of allylic oxidation sites excluding steroid dienone is 2. The molecule has 1 aromatic rings. The molecule has 4 heteroatoms. The SMILES string of the molecule is CNC(=O)COc1cccc(NCC2CC=CCC2)c1. The summed E-state index contributed by atoms with van der Waals surface area (Å²) in [4.78, 5) is 11.1. The highest BCUT2D eigenvalue weighted by Crippen LogP contribution is 2.21. The van der Waals surface area contributed by atoms with Crippen LogP contribution in [0.3, 0.4) is 0 Å². The Kier molecular flexibility index (Phi) is 5.47. The smallest absolute Gasteiger partial charge is 0.257 e. The molecule has 1 amide bonds. The fraction of sp³-hybridized carbons (Fsp3) is 0.438. The topological polar surface area (TPSA) is 50.4 Å². The molecule has 0 saturated heterocycles. The molecule has 0 heterocycles. The van der Waals surface area contributed by atoms with Gasteiger partial charge in [0.05, 0.1) is 0 Å². The average molecular weight is 274 g/mol. The Morgan fingerprint density at radius 2 is 2.30 bits per heavy atom. The van der Waals surface area contributed by atoms with Crippen LogP contribution in [0.5, 0.6) is 5.75 Å². The van der Waals surface area contributed by atoms with E-state index >= 15 is 0 Å². The average Bonchev–Trinajstić information content (AvgIpc) is 2.52. The van der Waals surface area contributed by atoms with Gasteiger partial charge in [0.1, 0.15) is 5.75 Å². The van der Waals surface area contributed by atoms with Crippen molar-refractivity contribution in [2.75, 3.05) is 25.5 Å². The van der Waals surface area contributed by atoms with Gasteiger partial charge in [-0.2, -0.15) is 0 Å². The van der Waals surface area contributed by atoms with Crippen molar-refractivity contribution in [3.05, 3.63) is 36.4 Å². The molecule has 1 aromatic carbocycles. The van der Waals surface area contributed by atoms with Crippen LogP contribution in [0.15, 0.2) is 36.4 Å². The van der Waals surface area contributed by atoms with Crippen LogP contribution in [0.25, 0.3) is 0 Å². The number of rotatable bonds is 6. The lowest BCUT2D eigenvalue weighted by Gasteiger charge is -2.19. The van der Waals surface area contributed by atoms with Gasteiger partial charge in [0.25, 0.3) is 5.91 Å². The normalized spacial score (nSPS) is 17.6. The third kappa shape index (κ3) is 4.61. The molecule has 2 rings (SSSR count). The summed E-state index contributed by atoms with van der Waals surface area (Å²) < 4.78 is 5.43. The number of ether oxygens (including phenoxy) is 1. The van der Waals surface area contributed by atoms with Gasteiger partial charge in [-0.05, 0) is 37.3 Å². The molecule has 0 bridgehead atoms. The first-order valence-electron chi connectivity index (χ1n) is 7.10. The van der Waals surface area contributed by atoms with Crippen molar-refractivity contribution < 1.29 is 9.53 Å². The summed E-state index contributed by atoms with van der Waals surface area (Å²) >= 11 is 0. The van der Waals surface area contributed by atoms with Gasteiger partial charge in [-0.1, -0.05) is 18.2 Å². The van der Waals surface area contributed by atoms with Crippen molar-refractivity contribution in [1.29, 1.82) is 0 Å². The third-order valence-corrected chi connectivity index (χ3v) is 3.46. The predicted octanol–water partition coefficient (Wildman–Crippen LogP) is 2.58. The van der Waals surface area contributed by atoms with Gasteiger partial charge in [0.15, 0.2) is 6.61 Å². The predicted molar refractivity (Wildman–Crippen MR) is 81.0 cm³/mol. The fourth-order valence-electron chi connectivity index (χ4n) is 2.22. The molecule has 1 atom stereocenters. The van der Waals surface area contributed by atoms with Crippen LogP contribution in [0, 0.1) is 5.92 Å². The van der Waals surface area contributed by atoms with Gasteiger partial charge in [0, 0.05) is 25.3 Å². The molecule has 0 saturated carbocycles. The maximum Gasteiger partial charge on any atom is 0.257 e. The minimum atomic E-state index is -0.127. The van der Waals surface area contributed by atoms with E-state index in [9.17, 15) is 4.79 Å². The number of likely N-dealkylation sites (N-methyl/N-ethyl adjacent to an activating group) is 1. The lowest BCUT2D eigenvalue weighted by atomic mass is 9.94. The summed E-state index contributed by atoms with van der Waals surface area (Å²) in [5, 5.41) is 5.97. The van der Waals surface area contributed by atoms with Crippen molar-refractivity contribution in [3.8, 4) is 5.75 Å². The molecular formula is C16H22N2O2. The largest absolute Gasteiger partial charge is 0.484 e. The monoisotopic (exact) mass is 274 g/mol. The van der Waals surface area contributed by atoms with Crippen LogP contribution in [0.1, 0.15) is 19.3 Å². The van der Waals surface area contributed by atoms with Crippen LogP contribution in [0.4, 0.5) is 5.69 Å². The van der Waals surface area contributed by atoms with Crippen molar-refractivity contribution >= 4 is 11.6 Å². The van der Waals surface area contributed by atoms with Crippen molar-refractivity contribution in [1.82, 2.24) is 5.32 Å². The summed E-state index contributed by atoms with van der Waals surface area (Å²) in [5.41, 5.74) is 1.04. The van der Waals surface area contributed by atoms with Crippen molar-refractivity contribution in [2.24, 2.45) is 5.92 Å². The number of benzene rings is 1. The fourth-order valence-corrected chi connectivity index (χ4v) is 2.22. The Morgan fingerprint density at radius 3 is 3.05 bits per heavy atom. The summed E-state index contributed by atoms with van der Waals surface area (Å²) in [6.45, 7) is 1.02. The first kappa shape index (κ1) is 14.4. The zero-order chi connectivity index (χ0) is 14.2. The number of nitrogens with one attached hydrogen (secondary N) is 2. The van der Waals surface area contributed by atoms with E-state index < -0.39 is 0 Å². The molecule has 0 aromatic heterocycles. The molecule has 20 heavy (non-hydrogen) atoms. The molecule has 0 radical (unpaired) electrons. The molecule has 1 aliphatic rings. The number of carbonyl (C=O) groups is 1. The van der Waals surface area contributed by atoms with E-state index in [1.807, 2.05) is 24.3 Å². The lowest BCUT2D eigenvalue weighted by Crippen LogP contribution is -2.24. The zero-order valence-electron chi connectivity index (χ0n) is 11.9. The second-order valence-electron chi connectivity index (χ2n) is 5.02. The van der Waals surface area contributed by atoms with Gasteiger partial charge in [-0.25, -0.2) is 0 Å². The number of carbonyl (C=O) groups excluding carboxylic acids is 1. The van der Waals surface area contributed by atoms with Gasteiger partial charge >= 0.3 is 0 Å². The molecular weight excluding hydrogens is 252 g/mol. The van der Waals surface area contributed by atoms with Crippen LogP contribution < -0.4 is 15.4 Å². The molecule has 0 spiro atoms. The molecule has 1 aliphatic carbocycles. The second-order valence-corrected chi connectivity index (χ2v) is 5.02. The Bertz CT molecular complexity index is 471. The Morgan fingerprint density at radius 1 is 1.40 bits per heavy atom. The number of hydrogen-bond donors (Lipinski definition) is 2. The Balaban J connectivity index is 1.82. The van der Waals surface area contributed by atoms with Crippen molar-refractivity contribution in [3.63, 3.8) is 0 Å². The highest BCUT2D eigenvalue weighted by molar-refractivity contribution is 5.77. The summed E-state index contributed by atoms with van der Waals surface area (Å²) in [6, 6.07) is 7.74. The van der Waals surface area contributed by atoms with Crippen molar-refractivity contribution in [2.45, 2.75) is 19.3 Å². The Hall–Kier alpha value is -1.97. The summed E-state index contributed by atoms with van der Waals surface area (Å²) in [6.07, 6.45) is 8.10. The molecule has 4 nitrogen and oxygen atoms in total. The molecule has 0 aliphatic heterocycles. The van der Waals surface area contributed by atoms with Gasteiger partial charge in [-0.3, -0.25) is 4.79 Å². The molecule has 1 unspecified atom stereocenters. The van der Waals surface area contributed by atoms with E-state index in [2.05, 4.69) is 22.8 Å². The third-order valence-electron chi connectivity index (χ3n) is 3.46.